The quantitative estimate of drug-likeness (QED) is 0.698. The Kier molecular flexibility index (Phi) is 5.37. The van der Waals surface area contributed by atoms with Gasteiger partial charge in [-0.15, -0.1) is 0 Å². The molecule has 0 aliphatic carbocycles. The van der Waals surface area contributed by atoms with E-state index in [1.54, 1.807) is 0 Å². The van der Waals surface area contributed by atoms with Crippen LogP contribution >= 0.6 is 0 Å². The average molecular weight is 206 g/mol. The summed E-state index contributed by atoms with van der Waals surface area (Å²) in [5.74, 6) is 0. The van der Waals surface area contributed by atoms with Crippen LogP contribution in [0.25, 0.3) is 0 Å². The fourth-order valence-corrected chi connectivity index (χ4v) is 1.69. The van der Waals surface area contributed by atoms with Crippen molar-refractivity contribution < 1.29 is 0 Å². The fraction of sp³-hybridized carbons (Fsp3) is 0.538. The lowest BCUT2D eigenvalue weighted by atomic mass is 10.0. The van der Waals surface area contributed by atoms with Crippen LogP contribution in [0, 0.1) is 0 Å². The summed E-state index contributed by atoms with van der Waals surface area (Å²) in [6.45, 7) is 2.83. The molecule has 1 aromatic carbocycles. The molecule has 0 radical (unpaired) electrons. The Balaban J connectivity index is 2.42. The lowest BCUT2D eigenvalue weighted by Crippen LogP contribution is -2.17. The predicted molar refractivity (Wildman–Crippen MR) is 65.8 cm³/mol. The van der Waals surface area contributed by atoms with E-state index in [4.69, 9.17) is 11.5 Å². The van der Waals surface area contributed by atoms with Crippen molar-refractivity contribution in [1.82, 2.24) is 0 Å². The summed E-state index contributed by atoms with van der Waals surface area (Å²) >= 11 is 0. The predicted octanol–water partition coefficient (Wildman–Crippen LogP) is 1.86. The fourth-order valence-electron chi connectivity index (χ4n) is 1.69. The molecule has 84 valence electrons. The van der Waals surface area contributed by atoms with E-state index in [1.807, 2.05) is 6.92 Å². The van der Waals surface area contributed by atoms with Crippen LogP contribution in [0.5, 0.6) is 0 Å². The smallest absolute Gasteiger partial charge is 0.00509 e. The van der Waals surface area contributed by atoms with Crippen LogP contribution in [-0.4, -0.2) is 12.6 Å². The lowest BCUT2D eigenvalue weighted by molar-refractivity contribution is 0.733. The molecule has 0 aliphatic heterocycles. The first-order valence-electron chi connectivity index (χ1n) is 5.76. The molecule has 0 bridgehead atoms. The van der Waals surface area contributed by atoms with Gasteiger partial charge in [0.25, 0.3) is 0 Å². The molecular weight excluding hydrogens is 184 g/mol. The van der Waals surface area contributed by atoms with E-state index in [2.05, 4.69) is 24.3 Å². The number of rotatable bonds is 6. The second-order valence-corrected chi connectivity index (χ2v) is 4.24. The molecule has 1 aromatic rings. The lowest BCUT2D eigenvalue weighted by Gasteiger charge is -2.06. The highest BCUT2D eigenvalue weighted by Crippen LogP contribution is 2.09. The van der Waals surface area contributed by atoms with E-state index in [9.17, 15) is 0 Å². The van der Waals surface area contributed by atoms with Crippen LogP contribution < -0.4 is 11.5 Å². The summed E-state index contributed by atoms with van der Waals surface area (Å²) in [6, 6.07) is 9.01. The van der Waals surface area contributed by atoms with Gasteiger partial charge in [-0.05, 0) is 50.3 Å². The van der Waals surface area contributed by atoms with Gasteiger partial charge in [-0.25, -0.2) is 0 Å². The average Bonchev–Trinajstić information content (AvgIpc) is 2.20. The van der Waals surface area contributed by atoms with Crippen molar-refractivity contribution in [3.63, 3.8) is 0 Å². The van der Waals surface area contributed by atoms with Crippen LogP contribution in [0.3, 0.4) is 0 Å². The highest BCUT2D eigenvalue weighted by atomic mass is 14.6. The normalized spacial score (nSPS) is 12.7. The van der Waals surface area contributed by atoms with Crippen molar-refractivity contribution >= 4 is 0 Å². The molecule has 2 nitrogen and oxygen atoms in total. The molecule has 0 unspecified atom stereocenters. The highest BCUT2D eigenvalue weighted by Gasteiger charge is 1.98. The molecule has 0 spiro atoms. The van der Waals surface area contributed by atoms with E-state index >= 15 is 0 Å². The van der Waals surface area contributed by atoms with E-state index in [0.29, 0.717) is 0 Å². The van der Waals surface area contributed by atoms with Crippen LogP contribution in [-0.2, 0) is 12.8 Å². The van der Waals surface area contributed by atoms with E-state index in [0.717, 1.165) is 25.8 Å². The summed E-state index contributed by atoms with van der Waals surface area (Å²) in [7, 11) is 0. The van der Waals surface area contributed by atoms with Crippen molar-refractivity contribution in [1.29, 1.82) is 0 Å². The standard InChI is InChI=1S/C13H22N2/c1-11(15)10-13-7-5-12(6-8-13)4-2-3-9-14/h5-8,11H,2-4,9-10,14-15H2,1H3/t11-/m1/s1. The Morgan fingerprint density at radius 2 is 1.67 bits per heavy atom. The van der Waals surface area contributed by atoms with Gasteiger partial charge < -0.3 is 11.5 Å². The highest BCUT2D eigenvalue weighted by molar-refractivity contribution is 5.23. The summed E-state index contributed by atoms with van der Waals surface area (Å²) in [6.07, 6.45) is 4.39. The van der Waals surface area contributed by atoms with Gasteiger partial charge in [-0.1, -0.05) is 24.3 Å². The molecule has 4 N–H and O–H groups in total. The van der Waals surface area contributed by atoms with Gasteiger partial charge in [0.1, 0.15) is 0 Å². The van der Waals surface area contributed by atoms with Gasteiger partial charge in [-0.3, -0.25) is 0 Å². The van der Waals surface area contributed by atoms with Crippen LogP contribution in [0.15, 0.2) is 24.3 Å². The number of nitrogens with two attached hydrogens (primary N) is 2. The minimum Gasteiger partial charge on any atom is -0.330 e. The molecular formula is C13H22N2. The molecule has 2 heteroatoms. The third kappa shape index (κ3) is 4.96. The molecule has 1 rings (SSSR count). The van der Waals surface area contributed by atoms with E-state index < -0.39 is 0 Å². The topological polar surface area (TPSA) is 52.0 Å². The van der Waals surface area contributed by atoms with E-state index in [-0.39, 0.29) is 6.04 Å². The SMILES string of the molecule is C[C@@H](N)Cc1ccc(CCCCN)cc1. The Hall–Kier alpha value is -0.860. The summed E-state index contributed by atoms with van der Waals surface area (Å²) in [5, 5.41) is 0. The zero-order valence-corrected chi connectivity index (χ0v) is 9.58. The zero-order valence-electron chi connectivity index (χ0n) is 9.58. The largest absolute Gasteiger partial charge is 0.330 e. The summed E-state index contributed by atoms with van der Waals surface area (Å²) < 4.78 is 0. The van der Waals surface area contributed by atoms with Crippen LogP contribution in [0.4, 0.5) is 0 Å². The van der Waals surface area contributed by atoms with Gasteiger partial charge in [0.05, 0.1) is 0 Å². The molecule has 0 aromatic heterocycles. The van der Waals surface area contributed by atoms with Gasteiger partial charge in [0.15, 0.2) is 0 Å². The summed E-state index contributed by atoms with van der Waals surface area (Å²) in [5.41, 5.74) is 13.9. The number of unbranched alkanes of at least 4 members (excludes halogenated alkanes) is 1. The third-order valence-corrected chi connectivity index (χ3v) is 2.50. The molecule has 0 saturated carbocycles. The second kappa shape index (κ2) is 6.59. The van der Waals surface area contributed by atoms with Crippen LogP contribution in [0.1, 0.15) is 30.9 Å². The third-order valence-electron chi connectivity index (χ3n) is 2.50. The minimum atomic E-state index is 0.244. The van der Waals surface area contributed by atoms with E-state index in [1.165, 1.54) is 17.5 Å². The molecule has 0 fully saturated rings. The number of hydrogen-bond acceptors (Lipinski definition) is 2. The minimum absolute atomic E-state index is 0.244. The van der Waals surface area contributed by atoms with Gasteiger partial charge in [0.2, 0.25) is 0 Å². The van der Waals surface area contributed by atoms with Crippen molar-refractivity contribution in [3.8, 4) is 0 Å². The number of hydrogen-bond donors (Lipinski definition) is 2. The Labute approximate surface area is 92.7 Å². The summed E-state index contributed by atoms with van der Waals surface area (Å²) in [4.78, 5) is 0. The molecule has 0 amide bonds. The first kappa shape index (κ1) is 12.2. The van der Waals surface area contributed by atoms with Crippen LogP contribution in [0.2, 0.25) is 0 Å². The molecule has 0 heterocycles. The maximum atomic E-state index is 5.75. The first-order chi connectivity index (χ1) is 7.22. The van der Waals surface area contributed by atoms with Crippen molar-refractivity contribution in [2.75, 3.05) is 6.54 Å². The Morgan fingerprint density at radius 1 is 1.07 bits per heavy atom. The number of aryl methyl sites for hydroxylation is 1. The molecule has 0 saturated heterocycles. The van der Waals surface area contributed by atoms with Crippen molar-refractivity contribution in [2.24, 2.45) is 11.5 Å². The monoisotopic (exact) mass is 206 g/mol. The van der Waals surface area contributed by atoms with Gasteiger partial charge in [0, 0.05) is 6.04 Å². The Morgan fingerprint density at radius 3 is 2.20 bits per heavy atom. The zero-order chi connectivity index (χ0) is 11.1. The van der Waals surface area contributed by atoms with Crippen molar-refractivity contribution in [2.45, 2.75) is 38.6 Å². The maximum Gasteiger partial charge on any atom is 0.00509 e. The molecule has 15 heavy (non-hydrogen) atoms. The molecule has 1 atom stereocenters. The maximum absolute atomic E-state index is 5.75. The first-order valence-corrected chi connectivity index (χ1v) is 5.76. The molecule has 0 aliphatic rings. The van der Waals surface area contributed by atoms with Gasteiger partial charge in [-0.2, -0.15) is 0 Å². The van der Waals surface area contributed by atoms with Crippen molar-refractivity contribution in [3.05, 3.63) is 35.4 Å². The Bertz CT molecular complexity index is 264. The van der Waals surface area contributed by atoms with Gasteiger partial charge >= 0.3 is 0 Å². The second-order valence-electron chi connectivity index (χ2n) is 4.24. The number of benzene rings is 1.